The Kier molecular flexibility index (Phi) is 5.03. The summed E-state index contributed by atoms with van der Waals surface area (Å²) in [5.41, 5.74) is 1.56. The molecule has 0 saturated carbocycles. The van der Waals surface area contributed by atoms with Crippen LogP contribution in [0.15, 0.2) is 71.6 Å². The molecule has 0 fully saturated rings. The molecule has 0 radical (unpaired) electrons. The van der Waals surface area contributed by atoms with E-state index >= 15 is 0 Å². The number of carbonyl (C=O) groups is 1. The number of benzene rings is 3. The van der Waals surface area contributed by atoms with Crippen LogP contribution in [-0.2, 0) is 23.0 Å². The summed E-state index contributed by atoms with van der Waals surface area (Å²) in [7, 11) is -4.15. The Balaban J connectivity index is 1.84. The number of rotatable bonds is 4. The summed E-state index contributed by atoms with van der Waals surface area (Å²) < 4.78 is 54.5. The van der Waals surface area contributed by atoms with Crippen LogP contribution < -0.4 is 9.21 Å². The number of hydrogen-bond donors (Lipinski definition) is 0. The Morgan fingerprint density at radius 3 is 2.13 bits per heavy atom. The molecule has 30 heavy (non-hydrogen) atoms. The van der Waals surface area contributed by atoms with E-state index in [9.17, 15) is 22.0 Å². The lowest BCUT2D eigenvalue weighted by molar-refractivity contribution is 0.253. The third-order valence-corrected chi connectivity index (χ3v) is 6.67. The van der Waals surface area contributed by atoms with E-state index < -0.39 is 27.7 Å². The summed E-state index contributed by atoms with van der Waals surface area (Å²) in [5, 5.41) is 0. The molecule has 0 aromatic heterocycles. The predicted octanol–water partition coefficient (Wildman–Crippen LogP) is 4.86. The number of para-hydroxylation sites is 1. The fraction of sp³-hybridized carbons (Fsp3) is 0.136. The molecule has 1 aliphatic rings. The fourth-order valence-corrected chi connectivity index (χ4v) is 5.06. The maximum absolute atomic E-state index is 13.7. The summed E-state index contributed by atoms with van der Waals surface area (Å²) in [4.78, 5) is 14.5. The largest absolute Gasteiger partial charge is 0.343 e. The highest BCUT2D eigenvalue weighted by Crippen LogP contribution is 2.38. The lowest BCUT2D eigenvalue weighted by Gasteiger charge is -2.36. The van der Waals surface area contributed by atoms with Crippen molar-refractivity contribution < 1.29 is 22.0 Å². The lowest BCUT2D eigenvalue weighted by atomic mass is 10.1. The molecule has 8 heteroatoms. The van der Waals surface area contributed by atoms with Crippen molar-refractivity contribution in [2.45, 2.75) is 24.8 Å². The summed E-state index contributed by atoms with van der Waals surface area (Å²) in [6, 6.07) is 14.9. The standard InChI is InChI=1S/C22H18F2N2O3S/c1-2-15-7-9-19(10-8-15)26-22(27)25(14-16-11-17(23)13-18(24)12-16)20-5-3-4-6-21(20)30(26,28)29/h3-13H,2,14H2,1H3. The van der Waals surface area contributed by atoms with Gasteiger partial charge in [0.2, 0.25) is 0 Å². The zero-order valence-electron chi connectivity index (χ0n) is 16.0. The number of amides is 2. The van der Waals surface area contributed by atoms with Crippen LogP contribution in [0.5, 0.6) is 0 Å². The van der Waals surface area contributed by atoms with E-state index in [0.717, 1.165) is 34.5 Å². The number of urea groups is 1. The smallest absolute Gasteiger partial charge is 0.287 e. The van der Waals surface area contributed by atoms with Crippen molar-refractivity contribution in [2.75, 3.05) is 9.21 Å². The van der Waals surface area contributed by atoms with Gasteiger partial charge in [0.05, 0.1) is 17.9 Å². The van der Waals surface area contributed by atoms with Gasteiger partial charge in [-0.25, -0.2) is 22.0 Å². The monoisotopic (exact) mass is 428 g/mol. The minimum atomic E-state index is -4.15. The Labute approximate surface area is 173 Å². The third kappa shape index (κ3) is 3.43. The normalized spacial score (nSPS) is 15.2. The molecule has 1 aliphatic heterocycles. The molecule has 3 aromatic carbocycles. The fourth-order valence-electron chi connectivity index (χ4n) is 3.47. The van der Waals surface area contributed by atoms with Gasteiger partial charge in [-0.15, -0.1) is 0 Å². The van der Waals surface area contributed by atoms with E-state index in [-0.39, 0.29) is 28.4 Å². The highest BCUT2D eigenvalue weighted by Gasteiger charge is 2.42. The molecular weight excluding hydrogens is 410 g/mol. The van der Waals surface area contributed by atoms with Crippen LogP contribution >= 0.6 is 0 Å². The highest BCUT2D eigenvalue weighted by atomic mass is 32.2. The number of halogens is 2. The molecular formula is C22H18F2N2O3S. The van der Waals surface area contributed by atoms with Crippen LogP contribution in [0, 0.1) is 11.6 Å². The van der Waals surface area contributed by atoms with Crippen LogP contribution in [0.1, 0.15) is 18.1 Å². The molecule has 0 N–H and O–H groups in total. The summed E-state index contributed by atoms with van der Waals surface area (Å²) in [6.45, 7) is 1.78. The molecule has 0 saturated heterocycles. The van der Waals surface area contributed by atoms with Crippen molar-refractivity contribution in [1.29, 1.82) is 0 Å². The third-order valence-electron chi connectivity index (χ3n) is 4.92. The summed E-state index contributed by atoms with van der Waals surface area (Å²) in [5.74, 6) is -1.55. The Morgan fingerprint density at radius 2 is 1.50 bits per heavy atom. The topological polar surface area (TPSA) is 57.7 Å². The van der Waals surface area contributed by atoms with Crippen LogP contribution in [0.3, 0.4) is 0 Å². The van der Waals surface area contributed by atoms with E-state index in [1.807, 2.05) is 6.92 Å². The van der Waals surface area contributed by atoms with Gasteiger partial charge < -0.3 is 0 Å². The van der Waals surface area contributed by atoms with Crippen molar-refractivity contribution in [3.05, 3.63) is 89.5 Å². The van der Waals surface area contributed by atoms with Crippen LogP contribution in [0.25, 0.3) is 0 Å². The molecule has 1 heterocycles. The van der Waals surface area contributed by atoms with Crippen molar-refractivity contribution in [1.82, 2.24) is 0 Å². The van der Waals surface area contributed by atoms with Crippen molar-refractivity contribution in [3.63, 3.8) is 0 Å². The maximum Gasteiger partial charge on any atom is 0.343 e. The average molecular weight is 428 g/mol. The van der Waals surface area contributed by atoms with E-state index in [1.54, 1.807) is 36.4 Å². The van der Waals surface area contributed by atoms with Gasteiger partial charge in [0, 0.05) is 6.07 Å². The first kappa shape index (κ1) is 20.0. The number of hydrogen-bond acceptors (Lipinski definition) is 3. The van der Waals surface area contributed by atoms with Gasteiger partial charge in [-0.2, -0.15) is 4.31 Å². The van der Waals surface area contributed by atoms with Gasteiger partial charge in [0.15, 0.2) is 0 Å². The molecule has 2 amide bonds. The van der Waals surface area contributed by atoms with Gasteiger partial charge in [0.25, 0.3) is 10.0 Å². The molecule has 0 spiro atoms. The van der Waals surface area contributed by atoms with Gasteiger partial charge >= 0.3 is 6.03 Å². The van der Waals surface area contributed by atoms with Crippen LogP contribution in [-0.4, -0.2) is 14.4 Å². The van der Waals surface area contributed by atoms with E-state index in [2.05, 4.69) is 0 Å². The minimum absolute atomic E-state index is 0.0546. The molecule has 154 valence electrons. The second kappa shape index (κ2) is 7.53. The van der Waals surface area contributed by atoms with Gasteiger partial charge in [-0.1, -0.05) is 31.2 Å². The van der Waals surface area contributed by atoms with Crippen molar-refractivity contribution in [2.24, 2.45) is 0 Å². The van der Waals surface area contributed by atoms with Crippen molar-refractivity contribution in [3.8, 4) is 0 Å². The number of aryl methyl sites for hydroxylation is 1. The van der Waals surface area contributed by atoms with Gasteiger partial charge in [-0.05, 0) is 53.9 Å². The SMILES string of the molecule is CCc1ccc(N2C(=O)N(Cc3cc(F)cc(F)c3)c3ccccc3S2(=O)=O)cc1. The zero-order chi connectivity index (χ0) is 21.5. The highest BCUT2D eigenvalue weighted by molar-refractivity contribution is 7.94. The first-order chi connectivity index (χ1) is 14.3. The number of anilines is 2. The Bertz CT molecular complexity index is 1210. The molecule has 4 rings (SSSR count). The maximum atomic E-state index is 13.7. The minimum Gasteiger partial charge on any atom is -0.287 e. The molecule has 0 unspecified atom stereocenters. The number of nitrogens with zero attached hydrogens (tertiary/aromatic N) is 2. The number of carbonyl (C=O) groups excluding carboxylic acids is 1. The second-order valence-electron chi connectivity index (χ2n) is 6.90. The second-order valence-corrected chi connectivity index (χ2v) is 8.66. The Morgan fingerprint density at radius 1 is 0.867 bits per heavy atom. The lowest BCUT2D eigenvalue weighted by Crippen LogP contribution is -2.50. The molecule has 0 bridgehead atoms. The van der Waals surface area contributed by atoms with Gasteiger partial charge in [-0.3, -0.25) is 4.90 Å². The number of sulfonamides is 1. The summed E-state index contributed by atoms with van der Waals surface area (Å²) >= 11 is 0. The average Bonchev–Trinajstić information content (AvgIpc) is 2.71. The van der Waals surface area contributed by atoms with Crippen LogP contribution in [0.2, 0.25) is 0 Å². The van der Waals surface area contributed by atoms with Gasteiger partial charge in [0.1, 0.15) is 16.5 Å². The van der Waals surface area contributed by atoms with E-state index in [0.29, 0.717) is 0 Å². The molecule has 0 aliphatic carbocycles. The van der Waals surface area contributed by atoms with E-state index in [4.69, 9.17) is 0 Å². The molecule has 0 atom stereocenters. The first-order valence-corrected chi connectivity index (χ1v) is 10.7. The molecule has 3 aromatic rings. The van der Waals surface area contributed by atoms with Crippen LogP contribution in [0.4, 0.5) is 25.0 Å². The number of fused-ring (bicyclic) bond motifs is 1. The predicted molar refractivity (Wildman–Crippen MR) is 110 cm³/mol. The summed E-state index contributed by atoms with van der Waals surface area (Å²) in [6.07, 6.45) is 0.765. The zero-order valence-corrected chi connectivity index (χ0v) is 16.9. The van der Waals surface area contributed by atoms with E-state index in [1.165, 1.54) is 17.0 Å². The molecule has 5 nitrogen and oxygen atoms in total. The first-order valence-electron chi connectivity index (χ1n) is 9.31. The Hall–Kier alpha value is -3.26. The van der Waals surface area contributed by atoms with Crippen molar-refractivity contribution >= 4 is 27.4 Å². The quantitative estimate of drug-likeness (QED) is 0.596.